The molecule has 1 aromatic rings. The maximum Gasteiger partial charge on any atom is 0.411 e. The van der Waals surface area contributed by atoms with E-state index in [0.29, 0.717) is 13.1 Å². The van der Waals surface area contributed by atoms with Gasteiger partial charge in [0, 0.05) is 19.5 Å². The zero-order valence-corrected chi connectivity index (χ0v) is 11.1. The summed E-state index contributed by atoms with van der Waals surface area (Å²) >= 11 is 0. The summed E-state index contributed by atoms with van der Waals surface area (Å²) in [5.74, 6) is 0.369. The van der Waals surface area contributed by atoms with E-state index in [-0.39, 0.29) is 37.1 Å². The van der Waals surface area contributed by atoms with Crippen LogP contribution in [0.25, 0.3) is 0 Å². The fourth-order valence-corrected chi connectivity index (χ4v) is 1.81. The number of hydrogen-bond acceptors (Lipinski definition) is 6. The predicted molar refractivity (Wildman–Crippen MR) is 63.4 cm³/mol. The number of halogens is 3. The molecule has 118 valence electrons. The third-order valence-corrected chi connectivity index (χ3v) is 2.76. The number of amides is 1. The molecule has 0 bridgehead atoms. The second-order valence-electron chi connectivity index (χ2n) is 4.52. The van der Waals surface area contributed by atoms with Crippen molar-refractivity contribution in [2.45, 2.75) is 25.1 Å². The summed E-state index contributed by atoms with van der Waals surface area (Å²) in [7, 11) is 0. The number of aromatic nitrogens is 2. The van der Waals surface area contributed by atoms with Gasteiger partial charge in [0.2, 0.25) is 11.8 Å². The largest absolute Gasteiger partial charge is 0.411 e. The highest BCUT2D eigenvalue weighted by Gasteiger charge is 2.27. The molecular weight excluding hydrogens is 293 g/mol. The topological polar surface area (TPSA) is 89.3 Å². The molecule has 0 radical (unpaired) electrons. The van der Waals surface area contributed by atoms with Crippen LogP contribution in [0, 0.1) is 0 Å². The lowest BCUT2D eigenvalue weighted by molar-refractivity contribution is -0.173. The second-order valence-corrected chi connectivity index (χ2v) is 4.52. The standard InChI is InChI=1S/C11H15F3N4O3/c12-11(13,14)6-20-4-1-8-17-9(21-18-8)5-7-10(19)16-3-2-15-7/h7,15H,1-6H2,(H,16,19). The summed E-state index contributed by atoms with van der Waals surface area (Å²) in [6, 6.07) is -0.437. The zero-order valence-electron chi connectivity index (χ0n) is 11.1. The molecule has 1 amide bonds. The van der Waals surface area contributed by atoms with Crippen LogP contribution in [-0.2, 0) is 22.4 Å². The zero-order chi connectivity index (χ0) is 15.3. The summed E-state index contributed by atoms with van der Waals surface area (Å²) in [5, 5.41) is 9.34. The maximum absolute atomic E-state index is 11.9. The van der Waals surface area contributed by atoms with E-state index in [0.717, 1.165) is 0 Å². The molecule has 2 heterocycles. The first-order valence-corrected chi connectivity index (χ1v) is 6.41. The molecule has 2 rings (SSSR count). The molecule has 2 N–H and O–H groups in total. The molecule has 1 saturated heterocycles. The summed E-state index contributed by atoms with van der Waals surface area (Å²) in [6.45, 7) is -0.228. The molecule has 1 aliphatic heterocycles. The Labute approximate surface area is 118 Å². The van der Waals surface area contributed by atoms with Gasteiger partial charge >= 0.3 is 6.18 Å². The van der Waals surface area contributed by atoms with Crippen LogP contribution in [0.3, 0.4) is 0 Å². The molecule has 0 aromatic carbocycles. The Morgan fingerprint density at radius 3 is 2.90 bits per heavy atom. The normalized spacial score (nSPS) is 19.6. The molecule has 21 heavy (non-hydrogen) atoms. The monoisotopic (exact) mass is 308 g/mol. The van der Waals surface area contributed by atoms with Gasteiger partial charge in [0.1, 0.15) is 6.61 Å². The number of carbonyl (C=O) groups excluding carboxylic acids is 1. The van der Waals surface area contributed by atoms with E-state index in [4.69, 9.17) is 4.52 Å². The van der Waals surface area contributed by atoms with E-state index in [1.807, 2.05) is 0 Å². The quantitative estimate of drug-likeness (QED) is 0.709. The van der Waals surface area contributed by atoms with Crippen LogP contribution in [0.5, 0.6) is 0 Å². The number of hydrogen-bond donors (Lipinski definition) is 2. The van der Waals surface area contributed by atoms with Crippen molar-refractivity contribution in [3.63, 3.8) is 0 Å². The Kier molecular flexibility index (Phi) is 5.12. The number of rotatable bonds is 6. The summed E-state index contributed by atoms with van der Waals surface area (Å²) in [6.07, 6.45) is -3.99. The number of piperazine rings is 1. The van der Waals surface area contributed by atoms with Crippen molar-refractivity contribution in [1.29, 1.82) is 0 Å². The molecule has 1 unspecified atom stereocenters. The van der Waals surface area contributed by atoms with Crippen molar-refractivity contribution in [3.8, 4) is 0 Å². The molecule has 10 heteroatoms. The fraction of sp³-hybridized carbons (Fsp3) is 0.727. The van der Waals surface area contributed by atoms with Crippen LogP contribution in [0.1, 0.15) is 11.7 Å². The van der Waals surface area contributed by atoms with Gasteiger partial charge in [-0.3, -0.25) is 4.79 Å². The second kappa shape index (κ2) is 6.85. The van der Waals surface area contributed by atoms with E-state index in [1.165, 1.54) is 0 Å². The van der Waals surface area contributed by atoms with Crippen molar-refractivity contribution >= 4 is 5.91 Å². The highest BCUT2D eigenvalue weighted by molar-refractivity contribution is 5.82. The van der Waals surface area contributed by atoms with Crippen LogP contribution in [0.15, 0.2) is 4.52 Å². The van der Waals surface area contributed by atoms with Crippen molar-refractivity contribution in [2.75, 3.05) is 26.3 Å². The molecule has 1 aromatic heterocycles. The van der Waals surface area contributed by atoms with Crippen molar-refractivity contribution < 1.29 is 27.2 Å². The Hall–Kier alpha value is -1.68. The van der Waals surface area contributed by atoms with Gasteiger partial charge in [-0.25, -0.2) is 0 Å². The molecule has 1 aliphatic rings. The predicted octanol–water partition coefficient (Wildman–Crippen LogP) is -0.179. The summed E-state index contributed by atoms with van der Waals surface area (Å²) in [4.78, 5) is 15.5. The van der Waals surface area contributed by atoms with Gasteiger partial charge in [0.25, 0.3) is 0 Å². The molecule has 1 fully saturated rings. The minimum Gasteiger partial charge on any atom is -0.372 e. The average molecular weight is 308 g/mol. The molecule has 0 spiro atoms. The first-order valence-electron chi connectivity index (χ1n) is 6.41. The van der Waals surface area contributed by atoms with Crippen molar-refractivity contribution in [3.05, 3.63) is 11.7 Å². The molecular formula is C11H15F3N4O3. The molecule has 1 atom stereocenters. The minimum absolute atomic E-state index is 0.115. The first kappa shape index (κ1) is 15.7. The van der Waals surface area contributed by atoms with Gasteiger partial charge in [-0.15, -0.1) is 0 Å². The summed E-state index contributed by atoms with van der Waals surface area (Å²) in [5.41, 5.74) is 0. The number of ether oxygens (including phenoxy) is 1. The average Bonchev–Trinajstić information content (AvgIpc) is 2.84. The lowest BCUT2D eigenvalue weighted by Gasteiger charge is -2.21. The lowest BCUT2D eigenvalue weighted by Crippen LogP contribution is -2.53. The highest BCUT2D eigenvalue weighted by Crippen LogP contribution is 2.14. The fourth-order valence-electron chi connectivity index (χ4n) is 1.81. The van der Waals surface area contributed by atoms with Crippen LogP contribution < -0.4 is 10.6 Å². The lowest BCUT2D eigenvalue weighted by atomic mass is 10.1. The Bertz CT molecular complexity index is 478. The van der Waals surface area contributed by atoms with Crippen LogP contribution in [-0.4, -0.2) is 54.6 Å². The van der Waals surface area contributed by atoms with Crippen LogP contribution in [0.4, 0.5) is 13.2 Å². The van der Waals surface area contributed by atoms with Gasteiger partial charge < -0.3 is 19.9 Å². The van der Waals surface area contributed by atoms with Gasteiger partial charge in [-0.05, 0) is 0 Å². The maximum atomic E-state index is 11.9. The number of nitrogens with one attached hydrogen (secondary N) is 2. The molecule has 0 aliphatic carbocycles. The smallest absolute Gasteiger partial charge is 0.372 e. The third kappa shape index (κ3) is 5.31. The van der Waals surface area contributed by atoms with Crippen LogP contribution in [0.2, 0.25) is 0 Å². The van der Waals surface area contributed by atoms with Crippen molar-refractivity contribution in [2.24, 2.45) is 0 Å². The van der Waals surface area contributed by atoms with Crippen molar-refractivity contribution in [1.82, 2.24) is 20.8 Å². The first-order chi connectivity index (χ1) is 9.94. The highest BCUT2D eigenvalue weighted by atomic mass is 19.4. The van der Waals surface area contributed by atoms with Gasteiger partial charge in [0.05, 0.1) is 19.1 Å². The number of nitrogens with zero attached hydrogens (tertiary/aromatic N) is 2. The third-order valence-electron chi connectivity index (χ3n) is 2.76. The van der Waals surface area contributed by atoms with E-state index in [1.54, 1.807) is 0 Å². The number of carbonyl (C=O) groups is 1. The van der Waals surface area contributed by atoms with E-state index in [9.17, 15) is 18.0 Å². The van der Waals surface area contributed by atoms with Gasteiger partial charge in [-0.1, -0.05) is 5.16 Å². The molecule has 7 nitrogen and oxygen atoms in total. The summed E-state index contributed by atoms with van der Waals surface area (Å²) < 4.78 is 45.0. The Balaban J connectivity index is 1.75. The SMILES string of the molecule is O=C1NCCNC1Cc1nc(CCOCC(F)(F)F)no1. The van der Waals surface area contributed by atoms with E-state index in [2.05, 4.69) is 25.5 Å². The van der Waals surface area contributed by atoms with E-state index < -0.39 is 18.8 Å². The minimum atomic E-state index is -4.34. The van der Waals surface area contributed by atoms with Gasteiger partial charge in [-0.2, -0.15) is 18.2 Å². The Morgan fingerprint density at radius 1 is 1.38 bits per heavy atom. The van der Waals surface area contributed by atoms with E-state index >= 15 is 0 Å². The van der Waals surface area contributed by atoms with Gasteiger partial charge in [0.15, 0.2) is 5.82 Å². The Morgan fingerprint density at radius 2 is 2.19 bits per heavy atom. The van der Waals surface area contributed by atoms with Crippen LogP contribution >= 0.6 is 0 Å². The molecule has 0 saturated carbocycles. The number of alkyl halides is 3.